The summed E-state index contributed by atoms with van der Waals surface area (Å²) in [6.07, 6.45) is 7.54. The highest BCUT2D eigenvalue weighted by atomic mass is 16.6. The number of nitrogens with one attached hydrogen (secondary N) is 3. The Kier molecular flexibility index (Phi) is 8.88. The number of hydrogen-bond acceptors (Lipinski definition) is 4. The van der Waals surface area contributed by atoms with E-state index in [0.29, 0.717) is 25.9 Å². The largest absolute Gasteiger partial charge is 0.444 e. The van der Waals surface area contributed by atoms with E-state index in [1.54, 1.807) is 20.8 Å². The molecule has 1 unspecified atom stereocenters. The first-order valence-corrected chi connectivity index (χ1v) is 9.09. The van der Waals surface area contributed by atoms with Crippen molar-refractivity contribution in [3.63, 3.8) is 0 Å². The van der Waals surface area contributed by atoms with Gasteiger partial charge in [-0.25, -0.2) is 4.79 Å². The number of carbonyl (C=O) groups is 3. The number of amides is 3. The van der Waals surface area contributed by atoms with E-state index < -0.39 is 11.7 Å². The fourth-order valence-electron chi connectivity index (χ4n) is 2.30. The molecule has 0 radical (unpaired) electrons. The van der Waals surface area contributed by atoms with Gasteiger partial charge in [0, 0.05) is 13.1 Å². The molecule has 1 atom stereocenters. The van der Waals surface area contributed by atoms with Crippen molar-refractivity contribution in [1.82, 2.24) is 16.0 Å². The van der Waals surface area contributed by atoms with Gasteiger partial charge in [0.1, 0.15) is 5.60 Å². The van der Waals surface area contributed by atoms with E-state index in [1.807, 2.05) is 25.2 Å². The van der Waals surface area contributed by atoms with Crippen LogP contribution in [0.3, 0.4) is 0 Å². The molecule has 1 rings (SSSR count). The van der Waals surface area contributed by atoms with E-state index in [0.717, 1.165) is 12.0 Å². The second-order valence-corrected chi connectivity index (χ2v) is 7.23. The quantitative estimate of drug-likeness (QED) is 0.613. The fraction of sp³-hybridized carbons (Fsp3) is 0.632. The highest BCUT2D eigenvalue weighted by molar-refractivity contribution is 5.82. The summed E-state index contributed by atoms with van der Waals surface area (Å²) in [7, 11) is 0. The Hall–Kier alpha value is -2.31. The van der Waals surface area contributed by atoms with Crippen LogP contribution in [0.1, 0.15) is 47.0 Å². The predicted octanol–water partition coefficient (Wildman–Crippen LogP) is 2.05. The maximum atomic E-state index is 11.9. The highest BCUT2D eigenvalue weighted by Crippen LogP contribution is 2.18. The minimum atomic E-state index is -0.613. The van der Waals surface area contributed by atoms with Crippen molar-refractivity contribution in [2.24, 2.45) is 5.92 Å². The number of alkyl carbamates (subject to hydrolysis) is 1. The molecule has 1 aliphatic carbocycles. The van der Waals surface area contributed by atoms with Crippen molar-refractivity contribution in [2.45, 2.75) is 52.6 Å². The molecule has 7 heteroatoms. The molecule has 146 valence electrons. The van der Waals surface area contributed by atoms with Crippen molar-refractivity contribution in [3.8, 4) is 0 Å². The molecule has 0 aromatic heterocycles. The SMILES string of the molecule is CCCNC(=O)C1C=CC(CCNC(=O)CNC(=O)OC(C)(C)C)=CC1. The van der Waals surface area contributed by atoms with E-state index in [4.69, 9.17) is 4.74 Å². The summed E-state index contributed by atoms with van der Waals surface area (Å²) < 4.78 is 5.06. The molecule has 7 nitrogen and oxygen atoms in total. The molecule has 26 heavy (non-hydrogen) atoms. The number of allylic oxidation sites excluding steroid dienone is 2. The number of hydrogen-bond donors (Lipinski definition) is 3. The third kappa shape index (κ3) is 9.25. The van der Waals surface area contributed by atoms with Crippen LogP contribution in [0.15, 0.2) is 23.8 Å². The number of carbonyl (C=O) groups excluding carboxylic acids is 3. The van der Waals surface area contributed by atoms with E-state index in [1.165, 1.54) is 0 Å². The van der Waals surface area contributed by atoms with Crippen molar-refractivity contribution < 1.29 is 19.1 Å². The molecule has 0 saturated heterocycles. The van der Waals surface area contributed by atoms with Crippen LogP contribution in [0.4, 0.5) is 4.79 Å². The minimum Gasteiger partial charge on any atom is -0.444 e. The molecule has 0 bridgehead atoms. The van der Waals surface area contributed by atoms with Crippen molar-refractivity contribution in [1.29, 1.82) is 0 Å². The van der Waals surface area contributed by atoms with Gasteiger partial charge in [-0.3, -0.25) is 9.59 Å². The van der Waals surface area contributed by atoms with Gasteiger partial charge in [-0.15, -0.1) is 0 Å². The first-order chi connectivity index (χ1) is 12.2. The van der Waals surface area contributed by atoms with Crippen molar-refractivity contribution in [2.75, 3.05) is 19.6 Å². The zero-order chi connectivity index (χ0) is 19.6. The summed E-state index contributed by atoms with van der Waals surface area (Å²) in [5.41, 5.74) is 0.496. The highest BCUT2D eigenvalue weighted by Gasteiger charge is 2.17. The Balaban J connectivity index is 2.21. The van der Waals surface area contributed by atoms with E-state index >= 15 is 0 Å². The summed E-state index contributed by atoms with van der Waals surface area (Å²) in [5.74, 6) is -0.328. The molecular formula is C19H31N3O4. The summed E-state index contributed by atoms with van der Waals surface area (Å²) in [6.45, 7) is 8.35. The molecular weight excluding hydrogens is 334 g/mol. The molecule has 0 heterocycles. The lowest BCUT2D eigenvalue weighted by Crippen LogP contribution is -2.40. The summed E-state index contributed by atoms with van der Waals surface area (Å²) in [6, 6.07) is 0. The number of ether oxygens (including phenoxy) is 1. The van der Waals surface area contributed by atoms with Gasteiger partial charge in [-0.2, -0.15) is 0 Å². The molecule has 3 amide bonds. The van der Waals surface area contributed by atoms with Gasteiger partial charge in [0.05, 0.1) is 12.5 Å². The van der Waals surface area contributed by atoms with Crippen LogP contribution in [0.5, 0.6) is 0 Å². The zero-order valence-electron chi connectivity index (χ0n) is 16.2. The van der Waals surface area contributed by atoms with Crippen LogP contribution in [-0.2, 0) is 14.3 Å². The second kappa shape index (κ2) is 10.6. The lowest BCUT2D eigenvalue weighted by Gasteiger charge is -2.19. The van der Waals surface area contributed by atoms with Crippen LogP contribution in [-0.4, -0.2) is 43.1 Å². The average Bonchev–Trinajstić information content (AvgIpc) is 2.57. The molecule has 0 saturated carbocycles. The monoisotopic (exact) mass is 365 g/mol. The molecule has 0 aromatic rings. The Labute approximate surface area is 155 Å². The van der Waals surface area contributed by atoms with Gasteiger partial charge in [0.15, 0.2) is 0 Å². The zero-order valence-corrected chi connectivity index (χ0v) is 16.2. The van der Waals surface area contributed by atoms with Crippen LogP contribution in [0.2, 0.25) is 0 Å². The molecule has 0 spiro atoms. The lowest BCUT2D eigenvalue weighted by atomic mass is 9.94. The smallest absolute Gasteiger partial charge is 0.408 e. The third-order valence-corrected chi connectivity index (χ3v) is 3.59. The van der Waals surface area contributed by atoms with Crippen LogP contribution in [0, 0.1) is 5.92 Å². The normalized spacial score (nSPS) is 16.5. The van der Waals surface area contributed by atoms with E-state index in [9.17, 15) is 14.4 Å². The lowest BCUT2D eigenvalue weighted by molar-refractivity contribution is -0.123. The molecule has 3 N–H and O–H groups in total. The third-order valence-electron chi connectivity index (χ3n) is 3.59. The molecule has 0 fully saturated rings. The van der Waals surface area contributed by atoms with E-state index in [2.05, 4.69) is 16.0 Å². The van der Waals surface area contributed by atoms with Gasteiger partial charge in [-0.05, 0) is 40.0 Å². The average molecular weight is 365 g/mol. The van der Waals surface area contributed by atoms with Gasteiger partial charge >= 0.3 is 6.09 Å². The van der Waals surface area contributed by atoms with Gasteiger partial charge in [-0.1, -0.05) is 30.7 Å². The molecule has 0 aromatic carbocycles. The summed E-state index contributed by atoms with van der Waals surface area (Å²) in [4.78, 5) is 35.1. The van der Waals surface area contributed by atoms with Crippen LogP contribution in [0.25, 0.3) is 0 Å². The summed E-state index contributed by atoms with van der Waals surface area (Å²) in [5, 5.41) is 8.05. The standard InChI is InChI=1S/C19H31N3O4/c1-5-11-21-17(24)15-8-6-14(7-9-15)10-12-20-16(23)13-22-18(25)26-19(2,3)4/h6-8,15H,5,9-13H2,1-4H3,(H,20,23)(H,21,24)(H,22,25). The van der Waals surface area contributed by atoms with Crippen LogP contribution < -0.4 is 16.0 Å². The minimum absolute atomic E-state index is 0.0555. The Morgan fingerprint density at radius 1 is 1.15 bits per heavy atom. The maximum Gasteiger partial charge on any atom is 0.408 e. The number of rotatable bonds is 8. The van der Waals surface area contributed by atoms with Crippen molar-refractivity contribution >= 4 is 17.9 Å². The summed E-state index contributed by atoms with van der Waals surface area (Å²) >= 11 is 0. The Morgan fingerprint density at radius 2 is 1.88 bits per heavy atom. The Morgan fingerprint density at radius 3 is 2.46 bits per heavy atom. The van der Waals surface area contributed by atoms with Crippen molar-refractivity contribution in [3.05, 3.63) is 23.8 Å². The predicted molar refractivity (Wildman–Crippen MR) is 100 cm³/mol. The second-order valence-electron chi connectivity index (χ2n) is 7.23. The molecule has 0 aliphatic heterocycles. The fourth-order valence-corrected chi connectivity index (χ4v) is 2.30. The molecule has 1 aliphatic rings. The van der Waals surface area contributed by atoms with Gasteiger partial charge in [0.2, 0.25) is 11.8 Å². The topological polar surface area (TPSA) is 96.5 Å². The van der Waals surface area contributed by atoms with Gasteiger partial charge < -0.3 is 20.7 Å². The maximum absolute atomic E-state index is 11.9. The van der Waals surface area contributed by atoms with Gasteiger partial charge in [0.25, 0.3) is 0 Å². The first kappa shape index (κ1) is 21.7. The van der Waals surface area contributed by atoms with Crippen LogP contribution >= 0.6 is 0 Å². The Bertz CT molecular complexity index is 562. The van der Waals surface area contributed by atoms with E-state index in [-0.39, 0.29) is 24.3 Å². The first-order valence-electron chi connectivity index (χ1n) is 9.09.